The molecule has 2 amide bonds. The lowest BCUT2D eigenvalue weighted by Gasteiger charge is -2.30. The van der Waals surface area contributed by atoms with Crippen molar-refractivity contribution in [3.63, 3.8) is 0 Å². The van der Waals surface area contributed by atoms with Crippen LogP contribution in [0.1, 0.15) is 50.3 Å². The number of sulfonamides is 1. The van der Waals surface area contributed by atoms with E-state index in [9.17, 15) is 18.0 Å². The highest BCUT2D eigenvalue weighted by molar-refractivity contribution is 7.89. The normalized spacial score (nSPS) is 17.6. The van der Waals surface area contributed by atoms with Crippen LogP contribution in [0.25, 0.3) is 0 Å². The molecule has 2 rings (SSSR count). The summed E-state index contributed by atoms with van der Waals surface area (Å²) in [5.41, 5.74) is 2.37. The van der Waals surface area contributed by atoms with E-state index in [-0.39, 0.29) is 29.3 Å². The summed E-state index contributed by atoms with van der Waals surface area (Å²) in [6, 6.07) is 2.90. The molecular weight excluding hydrogens is 390 g/mol. The molecule has 1 fully saturated rings. The van der Waals surface area contributed by atoms with Crippen LogP contribution in [0.4, 0.5) is 0 Å². The van der Waals surface area contributed by atoms with Crippen LogP contribution in [-0.4, -0.2) is 61.2 Å². The second kappa shape index (κ2) is 9.26. The van der Waals surface area contributed by atoms with E-state index in [1.165, 1.54) is 9.21 Å². The van der Waals surface area contributed by atoms with Crippen molar-refractivity contribution in [2.75, 3.05) is 19.6 Å². The Labute approximate surface area is 174 Å². The van der Waals surface area contributed by atoms with Gasteiger partial charge >= 0.3 is 0 Å². The topological polar surface area (TPSA) is 86.8 Å². The fourth-order valence-electron chi connectivity index (χ4n) is 4.06. The highest BCUT2D eigenvalue weighted by Gasteiger charge is 2.42. The van der Waals surface area contributed by atoms with Crippen LogP contribution < -0.4 is 5.32 Å². The van der Waals surface area contributed by atoms with Gasteiger partial charge in [-0.15, -0.1) is 0 Å². The number of nitrogens with zero attached hydrogens (tertiary/aromatic N) is 2. The zero-order valence-corrected chi connectivity index (χ0v) is 19.1. The number of likely N-dealkylation sites (N-methyl/N-ethyl adjacent to an activating group) is 1. The summed E-state index contributed by atoms with van der Waals surface area (Å²) < 4.78 is 28.2. The Hall–Kier alpha value is -1.93. The molecule has 29 heavy (non-hydrogen) atoms. The Balaban J connectivity index is 2.30. The summed E-state index contributed by atoms with van der Waals surface area (Å²) in [6.45, 7) is 11.6. The zero-order valence-electron chi connectivity index (χ0n) is 18.3. The number of nitrogens with one attached hydrogen (secondary N) is 1. The minimum absolute atomic E-state index is 0.0212. The predicted octanol–water partition coefficient (Wildman–Crippen LogP) is 2.14. The summed E-state index contributed by atoms with van der Waals surface area (Å²) in [4.78, 5) is 27.0. The first-order chi connectivity index (χ1) is 13.5. The molecule has 8 heteroatoms. The monoisotopic (exact) mass is 423 g/mol. The Morgan fingerprint density at radius 1 is 1.21 bits per heavy atom. The quantitative estimate of drug-likeness (QED) is 0.728. The van der Waals surface area contributed by atoms with Gasteiger partial charge in [0.25, 0.3) is 0 Å². The number of hydrogen-bond donors (Lipinski definition) is 1. The van der Waals surface area contributed by atoms with Crippen LogP contribution in [0.2, 0.25) is 0 Å². The average Bonchev–Trinajstić information content (AvgIpc) is 3.07. The first-order valence-electron chi connectivity index (χ1n) is 10.2. The van der Waals surface area contributed by atoms with Gasteiger partial charge in [0.05, 0.1) is 11.4 Å². The van der Waals surface area contributed by atoms with E-state index in [1.54, 1.807) is 20.8 Å². The minimum atomic E-state index is -3.81. The number of hydrogen-bond acceptors (Lipinski definition) is 4. The fourth-order valence-corrected chi connectivity index (χ4v) is 6.13. The molecule has 7 nitrogen and oxygen atoms in total. The van der Waals surface area contributed by atoms with Crippen molar-refractivity contribution in [3.05, 3.63) is 28.8 Å². The number of carbonyl (C=O) groups excluding carboxylic acids is 2. The van der Waals surface area contributed by atoms with Crippen LogP contribution in [0.15, 0.2) is 17.0 Å². The minimum Gasteiger partial charge on any atom is -0.352 e. The van der Waals surface area contributed by atoms with Crippen molar-refractivity contribution < 1.29 is 18.0 Å². The van der Waals surface area contributed by atoms with Crippen molar-refractivity contribution in [2.24, 2.45) is 0 Å². The van der Waals surface area contributed by atoms with Crippen molar-refractivity contribution in [2.45, 2.75) is 71.4 Å². The van der Waals surface area contributed by atoms with Crippen molar-refractivity contribution in [3.8, 4) is 0 Å². The van der Waals surface area contributed by atoms with Gasteiger partial charge in [-0.3, -0.25) is 9.59 Å². The second-order valence-electron chi connectivity index (χ2n) is 8.08. The standard InChI is InChI=1S/C21H33N3O4S/c1-7-23(13-19(25)22-14(2)3)21(26)18-9-8-10-24(18)29(27,28)20-16(5)11-15(4)12-17(20)6/h11-12,14,18H,7-10,13H2,1-6H3,(H,22,25). The summed E-state index contributed by atoms with van der Waals surface area (Å²) in [6.07, 6.45) is 1.08. The molecule has 0 saturated carbocycles. The molecule has 1 N–H and O–H groups in total. The Bertz CT molecular complexity index is 857. The van der Waals surface area contributed by atoms with Gasteiger partial charge in [0.15, 0.2) is 0 Å². The van der Waals surface area contributed by atoms with E-state index in [4.69, 9.17) is 0 Å². The molecule has 1 aromatic carbocycles. The first-order valence-corrected chi connectivity index (χ1v) is 11.6. The summed E-state index contributed by atoms with van der Waals surface area (Å²) in [5, 5.41) is 2.78. The number of benzene rings is 1. The van der Waals surface area contributed by atoms with Crippen LogP contribution >= 0.6 is 0 Å². The lowest BCUT2D eigenvalue weighted by Crippen LogP contribution is -2.50. The highest BCUT2D eigenvalue weighted by Crippen LogP contribution is 2.31. The van der Waals surface area contributed by atoms with Gasteiger partial charge < -0.3 is 10.2 Å². The molecule has 0 bridgehead atoms. The predicted molar refractivity (Wildman–Crippen MR) is 113 cm³/mol. The summed E-state index contributed by atoms with van der Waals surface area (Å²) in [5.74, 6) is -0.553. The SMILES string of the molecule is CCN(CC(=O)NC(C)C)C(=O)C1CCCN1S(=O)(=O)c1c(C)cc(C)cc1C. The molecule has 1 atom stereocenters. The van der Waals surface area contributed by atoms with Gasteiger partial charge in [0.1, 0.15) is 6.04 Å². The Morgan fingerprint density at radius 3 is 2.31 bits per heavy atom. The van der Waals surface area contributed by atoms with Gasteiger partial charge in [0.2, 0.25) is 21.8 Å². The first kappa shape index (κ1) is 23.3. The zero-order chi connectivity index (χ0) is 21.9. The summed E-state index contributed by atoms with van der Waals surface area (Å²) in [7, 11) is -3.81. The van der Waals surface area contributed by atoms with E-state index in [1.807, 2.05) is 32.9 Å². The Morgan fingerprint density at radius 2 is 1.79 bits per heavy atom. The molecule has 1 aromatic rings. The van der Waals surface area contributed by atoms with Gasteiger partial charge in [0, 0.05) is 19.1 Å². The lowest BCUT2D eigenvalue weighted by atomic mass is 10.1. The maximum atomic E-state index is 13.5. The van der Waals surface area contributed by atoms with E-state index in [0.29, 0.717) is 37.1 Å². The third-order valence-electron chi connectivity index (χ3n) is 5.14. The van der Waals surface area contributed by atoms with E-state index in [0.717, 1.165) is 5.56 Å². The van der Waals surface area contributed by atoms with Crippen LogP contribution in [0.3, 0.4) is 0 Å². The van der Waals surface area contributed by atoms with Gasteiger partial charge in [-0.05, 0) is 65.5 Å². The molecule has 162 valence electrons. The Kier molecular flexibility index (Phi) is 7.45. The maximum absolute atomic E-state index is 13.5. The third kappa shape index (κ3) is 5.17. The molecule has 1 aliphatic heterocycles. The molecule has 0 spiro atoms. The van der Waals surface area contributed by atoms with Crippen molar-refractivity contribution >= 4 is 21.8 Å². The number of rotatable bonds is 7. The average molecular weight is 424 g/mol. The van der Waals surface area contributed by atoms with Crippen molar-refractivity contribution in [1.29, 1.82) is 0 Å². The summed E-state index contributed by atoms with van der Waals surface area (Å²) >= 11 is 0. The molecule has 1 saturated heterocycles. The largest absolute Gasteiger partial charge is 0.352 e. The maximum Gasteiger partial charge on any atom is 0.244 e. The lowest BCUT2D eigenvalue weighted by molar-refractivity contribution is -0.138. The number of amides is 2. The molecule has 0 aliphatic carbocycles. The van der Waals surface area contributed by atoms with Crippen LogP contribution in [-0.2, 0) is 19.6 Å². The molecule has 0 aromatic heterocycles. The third-order valence-corrected chi connectivity index (χ3v) is 7.35. The van der Waals surface area contributed by atoms with Crippen LogP contribution in [0, 0.1) is 20.8 Å². The molecule has 1 unspecified atom stereocenters. The second-order valence-corrected chi connectivity index (χ2v) is 9.90. The van der Waals surface area contributed by atoms with Gasteiger partial charge in [-0.1, -0.05) is 17.7 Å². The molecule has 0 radical (unpaired) electrons. The molecule has 1 aliphatic rings. The van der Waals surface area contributed by atoms with Crippen LogP contribution in [0.5, 0.6) is 0 Å². The van der Waals surface area contributed by atoms with E-state index >= 15 is 0 Å². The highest BCUT2D eigenvalue weighted by atomic mass is 32.2. The van der Waals surface area contributed by atoms with Crippen molar-refractivity contribution in [1.82, 2.24) is 14.5 Å². The number of carbonyl (C=O) groups is 2. The molecular formula is C21H33N3O4S. The number of aryl methyl sites for hydroxylation is 3. The van der Waals surface area contributed by atoms with Gasteiger partial charge in [-0.2, -0.15) is 4.31 Å². The van der Waals surface area contributed by atoms with Gasteiger partial charge in [-0.25, -0.2) is 8.42 Å². The van der Waals surface area contributed by atoms with E-state index in [2.05, 4.69) is 5.32 Å². The molecule has 1 heterocycles. The van der Waals surface area contributed by atoms with E-state index < -0.39 is 16.1 Å². The fraction of sp³-hybridized carbons (Fsp3) is 0.619. The smallest absolute Gasteiger partial charge is 0.244 e.